The van der Waals surface area contributed by atoms with Crippen molar-refractivity contribution < 1.29 is 4.42 Å². The van der Waals surface area contributed by atoms with Gasteiger partial charge >= 0.3 is 0 Å². The summed E-state index contributed by atoms with van der Waals surface area (Å²) in [7, 11) is 0. The Hall–Kier alpha value is -6.43. The summed E-state index contributed by atoms with van der Waals surface area (Å²) >= 11 is 1.80. The fourth-order valence-electron chi connectivity index (χ4n) is 6.93. The largest absolute Gasteiger partial charge is 0.455 e. The van der Waals surface area contributed by atoms with E-state index in [0.717, 1.165) is 44.0 Å². The van der Waals surface area contributed by atoms with Gasteiger partial charge in [0.1, 0.15) is 11.2 Å². The highest BCUT2D eigenvalue weighted by Crippen LogP contribution is 2.42. The van der Waals surface area contributed by atoms with E-state index in [1.165, 1.54) is 37.0 Å². The Morgan fingerprint density at radius 3 is 1.76 bits per heavy atom. The molecule has 0 atom stereocenters. The quantitative estimate of drug-likeness (QED) is 0.185. The monoisotopic (exact) mass is 657 g/mol. The maximum absolute atomic E-state index is 6.42. The molecule has 4 nitrogen and oxygen atoms in total. The van der Waals surface area contributed by atoms with E-state index in [-0.39, 0.29) is 0 Å². The van der Waals surface area contributed by atoms with E-state index in [2.05, 4.69) is 97.1 Å². The van der Waals surface area contributed by atoms with E-state index in [0.29, 0.717) is 17.5 Å². The second-order valence-corrected chi connectivity index (χ2v) is 13.5. The maximum atomic E-state index is 6.42. The summed E-state index contributed by atoms with van der Waals surface area (Å²) in [6, 6.07) is 56.9. The van der Waals surface area contributed by atoms with E-state index in [1.54, 1.807) is 11.3 Å². The Balaban J connectivity index is 1.13. The molecule has 50 heavy (non-hydrogen) atoms. The first-order valence-electron chi connectivity index (χ1n) is 16.6. The van der Waals surface area contributed by atoms with Crippen LogP contribution in [0.3, 0.4) is 0 Å². The summed E-state index contributed by atoms with van der Waals surface area (Å²) in [5.41, 5.74) is 9.18. The number of aromatic nitrogens is 3. The summed E-state index contributed by atoms with van der Waals surface area (Å²) in [6.45, 7) is 0. The molecule has 0 bridgehead atoms. The van der Waals surface area contributed by atoms with Crippen molar-refractivity contribution in [2.45, 2.75) is 0 Å². The Kier molecular flexibility index (Phi) is 6.64. The molecule has 0 unspecified atom stereocenters. The normalized spacial score (nSPS) is 11.6. The standard InChI is InChI=1S/C45H27N3OS/c1-3-11-28(12-4-1)29-21-23-30(24-22-29)32-25-26-35-40(27-32)50-39-20-10-17-36(41(35)39)44-46-43(31-13-5-2-6-14-31)47-45(48-44)37-18-9-16-34-33-15-7-8-19-38(33)49-42(34)37/h1-27H. The molecule has 3 aromatic heterocycles. The lowest BCUT2D eigenvalue weighted by Gasteiger charge is -2.10. The minimum Gasteiger partial charge on any atom is -0.455 e. The van der Waals surface area contributed by atoms with Crippen molar-refractivity contribution in [3.63, 3.8) is 0 Å². The third-order valence-corrected chi connectivity index (χ3v) is 10.5. The summed E-state index contributed by atoms with van der Waals surface area (Å²) in [5, 5.41) is 4.45. The fraction of sp³-hybridized carbons (Fsp3) is 0. The van der Waals surface area contributed by atoms with Crippen LogP contribution in [0.1, 0.15) is 0 Å². The zero-order valence-electron chi connectivity index (χ0n) is 26.7. The zero-order valence-corrected chi connectivity index (χ0v) is 27.6. The van der Waals surface area contributed by atoms with Gasteiger partial charge in [0.15, 0.2) is 17.5 Å². The molecular formula is C45H27N3OS. The van der Waals surface area contributed by atoms with Gasteiger partial charge in [0.2, 0.25) is 0 Å². The predicted octanol–water partition coefficient (Wildman–Crippen LogP) is 12.5. The summed E-state index contributed by atoms with van der Waals surface area (Å²) in [4.78, 5) is 15.3. The topological polar surface area (TPSA) is 51.8 Å². The summed E-state index contributed by atoms with van der Waals surface area (Å²) in [6.07, 6.45) is 0. The van der Waals surface area contributed by atoms with E-state index in [9.17, 15) is 0 Å². The first-order valence-corrected chi connectivity index (χ1v) is 17.4. The molecule has 0 amide bonds. The number of nitrogens with zero attached hydrogens (tertiary/aromatic N) is 3. The van der Waals surface area contributed by atoms with Crippen LogP contribution in [-0.2, 0) is 0 Å². The van der Waals surface area contributed by atoms with Crippen molar-refractivity contribution in [2.75, 3.05) is 0 Å². The Morgan fingerprint density at radius 1 is 0.380 bits per heavy atom. The van der Waals surface area contributed by atoms with Gasteiger partial charge in [-0.3, -0.25) is 0 Å². The highest BCUT2D eigenvalue weighted by Gasteiger charge is 2.20. The molecule has 7 aromatic carbocycles. The SMILES string of the molecule is c1ccc(-c2ccc(-c3ccc4c(c3)sc3cccc(-c5nc(-c6ccccc6)nc(-c6cccc7c6oc6ccccc67)n5)c34)cc2)cc1. The smallest absolute Gasteiger partial charge is 0.167 e. The Labute approximate surface area is 292 Å². The third-order valence-electron chi connectivity index (χ3n) is 9.38. The van der Waals surface area contributed by atoms with E-state index in [4.69, 9.17) is 19.4 Å². The minimum atomic E-state index is 0.580. The lowest BCUT2D eigenvalue weighted by molar-refractivity contribution is 0.669. The van der Waals surface area contributed by atoms with Crippen molar-refractivity contribution in [1.82, 2.24) is 15.0 Å². The first-order chi connectivity index (χ1) is 24.8. The number of para-hydroxylation sites is 2. The molecule has 0 saturated carbocycles. The van der Waals surface area contributed by atoms with E-state index >= 15 is 0 Å². The minimum absolute atomic E-state index is 0.580. The van der Waals surface area contributed by atoms with Gasteiger partial charge in [0, 0.05) is 42.1 Å². The van der Waals surface area contributed by atoms with Gasteiger partial charge in [-0.15, -0.1) is 11.3 Å². The maximum Gasteiger partial charge on any atom is 0.167 e. The van der Waals surface area contributed by atoms with Crippen LogP contribution < -0.4 is 0 Å². The number of furan rings is 1. The van der Waals surface area contributed by atoms with Crippen LogP contribution in [-0.4, -0.2) is 15.0 Å². The predicted molar refractivity (Wildman–Crippen MR) is 207 cm³/mol. The molecule has 0 aliphatic carbocycles. The third kappa shape index (κ3) is 4.79. The van der Waals surface area contributed by atoms with Crippen molar-refractivity contribution in [2.24, 2.45) is 0 Å². The van der Waals surface area contributed by atoms with E-state index in [1.807, 2.05) is 66.7 Å². The van der Waals surface area contributed by atoms with Gasteiger partial charge < -0.3 is 4.42 Å². The van der Waals surface area contributed by atoms with Crippen LogP contribution in [0, 0.1) is 0 Å². The Morgan fingerprint density at radius 2 is 0.960 bits per heavy atom. The lowest BCUT2D eigenvalue weighted by atomic mass is 9.99. The molecule has 0 saturated heterocycles. The van der Waals surface area contributed by atoms with E-state index < -0.39 is 0 Å². The second-order valence-electron chi connectivity index (χ2n) is 12.4. The molecule has 0 aliphatic rings. The molecule has 0 radical (unpaired) electrons. The molecule has 0 fully saturated rings. The van der Waals surface area contributed by atoms with Gasteiger partial charge in [-0.2, -0.15) is 0 Å². The van der Waals surface area contributed by atoms with Crippen LogP contribution in [0.15, 0.2) is 168 Å². The fourth-order valence-corrected chi connectivity index (χ4v) is 8.11. The molecule has 5 heteroatoms. The van der Waals surface area contributed by atoms with Crippen molar-refractivity contribution >= 4 is 53.4 Å². The molecule has 10 rings (SSSR count). The molecule has 0 N–H and O–H groups in total. The number of thiophene rings is 1. The molecular weight excluding hydrogens is 631 g/mol. The second kappa shape index (κ2) is 11.6. The molecule has 0 aliphatic heterocycles. The number of hydrogen-bond donors (Lipinski definition) is 0. The van der Waals surface area contributed by atoms with Gasteiger partial charge in [0.05, 0.1) is 5.56 Å². The average Bonchev–Trinajstić information content (AvgIpc) is 3.77. The van der Waals surface area contributed by atoms with Gasteiger partial charge in [0.25, 0.3) is 0 Å². The number of rotatable bonds is 5. The molecule has 234 valence electrons. The molecule has 10 aromatic rings. The van der Waals surface area contributed by atoms with Crippen LogP contribution in [0.25, 0.3) is 98.5 Å². The van der Waals surface area contributed by atoms with Crippen molar-refractivity contribution in [3.05, 3.63) is 164 Å². The van der Waals surface area contributed by atoms with Crippen LogP contribution >= 0.6 is 11.3 Å². The van der Waals surface area contributed by atoms with Gasteiger partial charge in [-0.1, -0.05) is 140 Å². The van der Waals surface area contributed by atoms with Crippen LogP contribution in [0.4, 0.5) is 0 Å². The molecule has 0 spiro atoms. The van der Waals surface area contributed by atoms with Crippen molar-refractivity contribution in [3.8, 4) is 56.4 Å². The Bertz CT molecular complexity index is 2860. The summed E-state index contributed by atoms with van der Waals surface area (Å²) in [5.74, 6) is 1.83. The van der Waals surface area contributed by atoms with Crippen LogP contribution in [0.2, 0.25) is 0 Å². The first kappa shape index (κ1) is 28.6. The van der Waals surface area contributed by atoms with Crippen LogP contribution in [0.5, 0.6) is 0 Å². The highest BCUT2D eigenvalue weighted by molar-refractivity contribution is 7.26. The number of fused-ring (bicyclic) bond motifs is 6. The van der Waals surface area contributed by atoms with Gasteiger partial charge in [-0.25, -0.2) is 15.0 Å². The summed E-state index contributed by atoms with van der Waals surface area (Å²) < 4.78 is 8.84. The average molecular weight is 658 g/mol. The number of benzene rings is 7. The highest BCUT2D eigenvalue weighted by atomic mass is 32.1. The van der Waals surface area contributed by atoms with Crippen molar-refractivity contribution in [1.29, 1.82) is 0 Å². The molecule has 3 heterocycles. The lowest BCUT2D eigenvalue weighted by Crippen LogP contribution is -2.00. The zero-order chi connectivity index (χ0) is 33.0. The number of hydrogen-bond acceptors (Lipinski definition) is 5. The van der Waals surface area contributed by atoms with Gasteiger partial charge in [-0.05, 0) is 46.5 Å².